The Kier molecular flexibility index (Phi) is 3.89. The normalized spacial score (nSPS) is 10.9. The topological polar surface area (TPSA) is 80.2 Å². The van der Waals surface area contributed by atoms with E-state index in [-0.39, 0.29) is 5.75 Å². The number of benzene rings is 2. The third kappa shape index (κ3) is 2.71. The van der Waals surface area contributed by atoms with Crippen LogP contribution in [0.1, 0.15) is 11.1 Å². The van der Waals surface area contributed by atoms with Gasteiger partial charge in [0, 0.05) is 0 Å². The van der Waals surface area contributed by atoms with Crippen LogP contribution in [0.5, 0.6) is 11.5 Å². The van der Waals surface area contributed by atoms with Crippen molar-refractivity contribution < 1.29 is 9.84 Å². The van der Waals surface area contributed by atoms with E-state index >= 15 is 0 Å². The molecule has 2 aromatic rings. The Hall–Kier alpha value is -2.56. The van der Waals surface area contributed by atoms with Gasteiger partial charge in [0.05, 0.1) is 12.8 Å². The first-order chi connectivity index (χ1) is 9.52. The molecule has 0 aliphatic carbocycles. The van der Waals surface area contributed by atoms with Crippen molar-refractivity contribution in [3.63, 3.8) is 0 Å². The van der Waals surface area contributed by atoms with Crippen LogP contribution >= 0.6 is 0 Å². The Labute approximate surface area is 117 Å². The van der Waals surface area contributed by atoms with Crippen molar-refractivity contribution >= 4 is 17.1 Å². The number of hydrogen-bond donors (Lipinski definition) is 2. The highest BCUT2D eigenvalue weighted by molar-refractivity contribution is 5.73. The number of aryl methyl sites for hydroxylation is 2. The van der Waals surface area contributed by atoms with Crippen LogP contribution in [-0.2, 0) is 0 Å². The fraction of sp³-hybridized carbons (Fsp3) is 0.200. The van der Waals surface area contributed by atoms with Crippen molar-refractivity contribution in [1.82, 2.24) is 0 Å². The number of rotatable bonds is 3. The summed E-state index contributed by atoms with van der Waals surface area (Å²) in [5.41, 5.74) is 9.25. The first-order valence-corrected chi connectivity index (χ1v) is 6.17. The molecular formula is C15H17N3O2. The summed E-state index contributed by atoms with van der Waals surface area (Å²) in [4.78, 5) is 0. The van der Waals surface area contributed by atoms with Crippen LogP contribution in [0.15, 0.2) is 40.6 Å². The number of aromatic hydroxyl groups is 1. The minimum atomic E-state index is 0.0736. The third-order valence-electron chi connectivity index (χ3n) is 3.01. The molecule has 0 amide bonds. The Morgan fingerprint density at radius 1 is 1.10 bits per heavy atom. The van der Waals surface area contributed by atoms with E-state index < -0.39 is 0 Å². The summed E-state index contributed by atoms with van der Waals surface area (Å²) in [5.74, 6) is 0.619. The number of anilines is 1. The van der Waals surface area contributed by atoms with E-state index in [2.05, 4.69) is 10.2 Å². The van der Waals surface area contributed by atoms with E-state index in [1.807, 2.05) is 19.9 Å². The molecular weight excluding hydrogens is 254 g/mol. The van der Waals surface area contributed by atoms with Gasteiger partial charge < -0.3 is 15.6 Å². The van der Waals surface area contributed by atoms with E-state index in [0.717, 1.165) is 11.1 Å². The van der Waals surface area contributed by atoms with E-state index in [0.29, 0.717) is 22.8 Å². The fourth-order valence-corrected chi connectivity index (χ4v) is 1.77. The molecule has 0 heterocycles. The van der Waals surface area contributed by atoms with Crippen molar-refractivity contribution in [2.24, 2.45) is 10.2 Å². The number of ether oxygens (including phenoxy) is 1. The van der Waals surface area contributed by atoms with Gasteiger partial charge in [-0.3, -0.25) is 0 Å². The van der Waals surface area contributed by atoms with Gasteiger partial charge in [-0.15, -0.1) is 10.2 Å². The summed E-state index contributed by atoms with van der Waals surface area (Å²) >= 11 is 0. The van der Waals surface area contributed by atoms with Crippen LogP contribution in [0.2, 0.25) is 0 Å². The van der Waals surface area contributed by atoms with Crippen LogP contribution < -0.4 is 10.5 Å². The van der Waals surface area contributed by atoms with Crippen LogP contribution in [0.3, 0.4) is 0 Å². The molecule has 2 aromatic carbocycles. The van der Waals surface area contributed by atoms with Gasteiger partial charge in [-0.1, -0.05) is 12.1 Å². The van der Waals surface area contributed by atoms with Crippen LogP contribution in [0.25, 0.3) is 0 Å². The Bertz CT molecular complexity index is 666. The highest BCUT2D eigenvalue weighted by Crippen LogP contribution is 2.38. The maximum Gasteiger partial charge on any atom is 0.151 e. The van der Waals surface area contributed by atoms with Crippen molar-refractivity contribution in [2.45, 2.75) is 13.8 Å². The van der Waals surface area contributed by atoms with Gasteiger partial charge in [0.25, 0.3) is 0 Å². The minimum absolute atomic E-state index is 0.0736. The van der Waals surface area contributed by atoms with Crippen molar-refractivity contribution in [3.8, 4) is 11.5 Å². The standard InChI is InChI=1S/C15H17N3O2/c1-9-4-6-12(19)11(8-9)17-18-15-13(20-3)7-5-10(2)14(15)16/h4-8,19H,16H2,1-3H3. The molecule has 5 heteroatoms. The lowest BCUT2D eigenvalue weighted by molar-refractivity contribution is 0.416. The first kappa shape index (κ1) is 13.9. The Balaban J connectivity index is 2.46. The number of nitrogens with zero attached hydrogens (tertiary/aromatic N) is 2. The molecule has 3 N–H and O–H groups in total. The van der Waals surface area contributed by atoms with Gasteiger partial charge in [-0.05, 0) is 43.2 Å². The number of nitrogen functional groups attached to an aromatic ring is 1. The highest BCUT2D eigenvalue weighted by Gasteiger charge is 2.09. The zero-order valence-electron chi connectivity index (χ0n) is 11.7. The SMILES string of the molecule is COc1ccc(C)c(N)c1N=Nc1cc(C)ccc1O. The zero-order chi connectivity index (χ0) is 14.7. The predicted molar refractivity (Wildman–Crippen MR) is 79.2 cm³/mol. The Morgan fingerprint density at radius 2 is 1.85 bits per heavy atom. The number of azo groups is 1. The minimum Gasteiger partial charge on any atom is -0.506 e. The van der Waals surface area contributed by atoms with Gasteiger partial charge in [0.1, 0.15) is 17.2 Å². The fourth-order valence-electron chi connectivity index (χ4n) is 1.77. The zero-order valence-corrected chi connectivity index (χ0v) is 11.7. The summed E-state index contributed by atoms with van der Waals surface area (Å²) < 4.78 is 5.23. The number of phenols is 1. The summed E-state index contributed by atoms with van der Waals surface area (Å²) in [5, 5.41) is 17.9. The van der Waals surface area contributed by atoms with Crippen molar-refractivity contribution in [3.05, 3.63) is 41.5 Å². The maximum absolute atomic E-state index is 9.75. The first-order valence-electron chi connectivity index (χ1n) is 6.17. The van der Waals surface area contributed by atoms with Crippen LogP contribution in [-0.4, -0.2) is 12.2 Å². The number of hydrogen-bond acceptors (Lipinski definition) is 5. The average molecular weight is 271 g/mol. The van der Waals surface area contributed by atoms with E-state index in [4.69, 9.17) is 10.5 Å². The summed E-state index contributed by atoms with van der Waals surface area (Å²) in [6, 6.07) is 8.78. The lowest BCUT2D eigenvalue weighted by atomic mass is 10.1. The van der Waals surface area contributed by atoms with E-state index in [1.165, 1.54) is 0 Å². The third-order valence-corrected chi connectivity index (χ3v) is 3.01. The van der Waals surface area contributed by atoms with Gasteiger partial charge in [0.2, 0.25) is 0 Å². The molecule has 20 heavy (non-hydrogen) atoms. The second kappa shape index (κ2) is 5.61. The van der Waals surface area contributed by atoms with E-state index in [1.54, 1.807) is 31.4 Å². The maximum atomic E-state index is 9.75. The molecule has 0 saturated carbocycles. The molecule has 0 atom stereocenters. The van der Waals surface area contributed by atoms with Gasteiger partial charge in [0.15, 0.2) is 5.69 Å². The quantitative estimate of drug-likeness (QED) is 0.653. The molecule has 0 spiro atoms. The molecule has 0 aliphatic rings. The average Bonchev–Trinajstić information content (AvgIpc) is 2.44. The molecule has 5 nitrogen and oxygen atoms in total. The summed E-state index contributed by atoms with van der Waals surface area (Å²) in [6.07, 6.45) is 0. The highest BCUT2D eigenvalue weighted by atomic mass is 16.5. The van der Waals surface area contributed by atoms with Crippen LogP contribution in [0.4, 0.5) is 17.1 Å². The predicted octanol–water partition coefficient (Wildman–Crippen LogP) is 4.02. The van der Waals surface area contributed by atoms with E-state index in [9.17, 15) is 5.11 Å². The van der Waals surface area contributed by atoms with Crippen LogP contribution in [0, 0.1) is 13.8 Å². The monoisotopic (exact) mass is 271 g/mol. The largest absolute Gasteiger partial charge is 0.506 e. The molecule has 0 unspecified atom stereocenters. The summed E-state index contributed by atoms with van der Waals surface area (Å²) in [7, 11) is 1.55. The van der Waals surface area contributed by atoms with Crippen molar-refractivity contribution in [2.75, 3.05) is 12.8 Å². The number of phenolic OH excluding ortho intramolecular Hbond substituents is 1. The molecule has 0 bridgehead atoms. The molecule has 0 saturated heterocycles. The van der Waals surface area contributed by atoms with Gasteiger partial charge >= 0.3 is 0 Å². The molecule has 0 radical (unpaired) electrons. The second-order valence-corrected chi connectivity index (χ2v) is 4.54. The summed E-state index contributed by atoms with van der Waals surface area (Å²) in [6.45, 7) is 3.80. The molecule has 0 aromatic heterocycles. The number of methoxy groups -OCH3 is 1. The second-order valence-electron chi connectivity index (χ2n) is 4.54. The molecule has 0 aliphatic heterocycles. The number of nitrogens with two attached hydrogens (primary N) is 1. The lowest BCUT2D eigenvalue weighted by Gasteiger charge is -2.08. The molecule has 2 rings (SSSR count). The van der Waals surface area contributed by atoms with Gasteiger partial charge in [-0.2, -0.15) is 0 Å². The smallest absolute Gasteiger partial charge is 0.151 e. The molecule has 0 fully saturated rings. The molecule has 104 valence electrons. The van der Waals surface area contributed by atoms with Crippen molar-refractivity contribution in [1.29, 1.82) is 0 Å². The lowest BCUT2D eigenvalue weighted by Crippen LogP contribution is -1.93. The Morgan fingerprint density at radius 3 is 2.55 bits per heavy atom. The van der Waals surface area contributed by atoms with Gasteiger partial charge in [-0.25, -0.2) is 0 Å².